The summed E-state index contributed by atoms with van der Waals surface area (Å²) in [5.74, 6) is 0.682. The first-order chi connectivity index (χ1) is 10.4. The van der Waals surface area contributed by atoms with Gasteiger partial charge in [-0.3, -0.25) is 9.88 Å². The highest BCUT2D eigenvalue weighted by atomic mass is 15.2. The van der Waals surface area contributed by atoms with Gasteiger partial charge in [0.15, 0.2) is 0 Å². The molecule has 1 aliphatic heterocycles. The zero-order valence-electron chi connectivity index (χ0n) is 12.4. The minimum atomic E-state index is 0.256. The number of nitrogens with two attached hydrogens (primary N) is 1. The van der Waals surface area contributed by atoms with Crippen LogP contribution in [-0.4, -0.2) is 29.5 Å². The molecule has 0 amide bonds. The van der Waals surface area contributed by atoms with Crippen LogP contribution in [0.3, 0.4) is 0 Å². The van der Waals surface area contributed by atoms with E-state index >= 15 is 0 Å². The van der Waals surface area contributed by atoms with E-state index in [2.05, 4.69) is 52.3 Å². The largest absolute Gasteiger partial charge is 0.330 e. The fourth-order valence-corrected chi connectivity index (χ4v) is 3.19. The van der Waals surface area contributed by atoms with Gasteiger partial charge >= 0.3 is 0 Å². The van der Waals surface area contributed by atoms with Gasteiger partial charge in [-0.2, -0.15) is 0 Å². The van der Waals surface area contributed by atoms with Crippen LogP contribution in [0.2, 0.25) is 0 Å². The molecule has 110 valence electrons. The van der Waals surface area contributed by atoms with E-state index < -0.39 is 0 Å². The molecule has 1 aromatic carbocycles. The summed E-state index contributed by atoms with van der Waals surface area (Å²) in [5.41, 5.74) is 8.27. The van der Waals surface area contributed by atoms with E-state index in [9.17, 15) is 0 Å². The van der Waals surface area contributed by atoms with E-state index in [1.54, 1.807) is 0 Å². The van der Waals surface area contributed by atoms with E-state index in [0.29, 0.717) is 5.92 Å². The van der Waals surface area contributed by atoms with E-state index in [0.717, 1.165) is 25.3 Å². The molecule has 2 heterocycles. The number of hydrogen-bond donors (Lipinski definition) is 1. The highest BCUT2D eigenvalue weighted by Gasteiger charge is 2.27. The number of piperidine rings is 1. The molecular formula is C18H23N3. The smallest absolute Gasteiger partial charge is 0.0776 e. The van der Waals surface area contributed by atoms with Gasteiger partial charge in [-0.15, -0.1) is 0 Å². The number of rotatable bonds is 4. The van der Waals surface area contributed by atoms with Crippen molar-refractivity contribution in [3.05, 3.63) is 66.0 Å². The third kappa shape index (κ3) is 3.31. The molecule has 0 radical (unpaired) electrons. The van der Waals surface area contributed by atoms with E-state index in [-0.39, 0.29) is 6.04 Å². The Kier molecular flexibility index (Phi) is 4.63. The fraction of sp³-hybridized carbons (Fsp3) is 0.389. The Morgan fingerprint density at radius 3 is 2.38 bits per heavy atom. The van der Waals surface area contributed by atoms with Gasteiger partial charge in [-0.25, -0.2) is 0 Å². The zero-order chi connectivity index (χ0) is 14.5. The average Bonchev–Trinajstić information content (AvgIpc) is 2.58. The van der Waals surface area contributed by atoms with Crippen molar-refractivity contribution in [3.8, 4) is 0 Å². The van der Waals surface area contributed by atoms with Gasteiger partial charge < -0.3 is 5.73 Å². The SMILES string of the molecule is NCC1CCN(C(c2ccccc2)c2ccccn2)CC1. The summed E-state index contributed by atoms with van der Waals surface area (Å²) >= 11 is 0. The van der Waals surface area contributed by atoms with Crippen molar-refractivity contribution in [1.29, 1.82) is 0 Å². The number of hydrogen-bond acceptors (Lipinski definition) is 3. The number of benzene rings is 1. The van der Waals surface area contributed by atoms with E-state index in [1.807, 2.05) is 12.3 Å². The van der Waals surface area contributed by atoms with Crippen LogP contribution < -0.4 is 5.73 Å². The Morgan fingerprint density at radius 1 is 1.05 bits per heavy atom. The lowest BCUT2D eigenvalue weighted by molar-refractivity contribution is 0.151. The lowest BCUT2D eigenvalue weighted by Gasteiger charge is -2.37. The zero-order valence-corrected chi connectivity index (χ0v) is 12.4. The Morgan fingerprint density at radius 2 is 1.76 bits per heavy atom. The Bertz CT molecular complexity index is 493. The standard InChI is InChI=1S/C18H23N3/c19-14-15-9-12-21(13-10-15)18(16-6-2-1-3-7-16)17-8-4-5-11-20-17/h1-8,11,15,18H,9-10,12-14,19H2. The molecule has 0 bridgehead atoms. The third-order valence-corrected chi connectivity index (χ3v) is 4.43. The van der Waals surface area contributed by atoms with Gasteiger partial charge in [0.05, 0.1) is 11.7 Å². The first kappa shape index (κ1) is 14.2. The van der Waals surface area contributed by atoms with E-state index in [4.69, 9.17) is 5.73 Å². The molecule has 0 saturated carbocycles. The summed E-state index contributed by atoms with van der Waals surface area (Å²) < 4.78 is 0. The summed E-state index contributed by atoms with van der Waals surface area (Å²) in [6.07, 6.45) is 4.26. The van der Waals surface area contributed by atoms with Gasteiger partial charge in [0.1, 0.15) is 0 Å². The van der Waals surface area contributed by atoms with E-state index in [1.165, 1.54) is 18.4 Å². The molecule has 3 rings (SSSR count). The van der Waals surface area contributed by atoms with Crippen LogP contribution in [0, 0.1) is 5.92 Å². The van der Waals surface area contributed by atoms with Crippen molar-refractivity contribution >= 4 is 0 Å². The van der Waals surface area contributed by atoms with Gasteiger partial charge in [0, 0.05) is 6.20 Å². The predicted octanol–water partition coefficient (Wildman–Crippen LogP) is 2.84. The number of nitrogens with zero attached hydrogens (tertiary/aromatic N) is 2. The maximum Gasteiger partial charge on any atom is 0.0776 e. The highest BCUT2D eigenvalue weighted by molar-refractivity contribution is 5.27. The summed E-state index contributed by atoms with van der Waals surface area (Å²) in [5, 5.41) is 0. The van der Waals surface area contributed by atoms with Crippen molar-refractivity contribution in [2.75, 3.05) is 19.6 Å². The second-order valence-corrected chi connectivity index (χ2v) is 5.78. The molecule has 2 N–H and O–H groups in total. The van der Waals surface area contributed by atoms with Crippen molar-refractivity contribution in [2.45, 2.75) is 18.9 Å². The first-order valence-corrected chi connectivity index (χ1v) is 7.78. The molecule has 21 heavy (non-hydrogen) atoms. The van der Waals surface area contributed by atoms with Crippen molar-refractivity contribution in [1.82, 2.24) is 9.88 Å². The van der Waals surface area contributed by atoms with Gasteiger partial charge in [-0.1, -0.05) is 36.4 Å². The predicted molar refractivity (Wildman–Crippen MR) is 85.9 cm³/mol. The van der Waals surface area contributed by atoms with Crippen LogP contribution in [-0.2, 0) is 0 Å². The minimum absolute atomic E-state index is 0.256. The minimum Gasteiger partial charge on any atom is -0.330 e. The quantitative estimate of drug-likeness (QED) is 0.937. The van der Waals surface area contributed by atoms with Crippen LogP contribution in [0.15, 0.2) is 54.7 Å². The Balaban J connectivity index is 1.87. The summed E-state index contributed by atoms with van der Waals surface area (Å²) in [6, 6.07) is 17.1. The molecule has 1 aliphatic rings. The van der Waals surface area contributed by atoms with Gasteiger partial charge in [0.2, 0.25) is 0 Å². The lowest BCUT2D eigenvalue weighted by Crippen LogP contribution is -2.39. The van der Waals surface area contributed by atoms with Crippen molar-refractivity contribution in [2.24, 2.45) is 11.7 Å². The van der Waals surface area contributed by atoms with Crippen molar-refractivity contribution in [3.63, 3.8) is 0 Å². The average molecular weight is 281 g/mol. The molecular weight excluding hydrogens is 258 g/mol. The maximum absolute atomic E-state index is 5.82. The lowest BCUT2D eigenvalue weighted by atomic mass is 9.93. The summed E-state index contributed by atoms with van der Waals surface area (Å²) in [4.78, 5) is 7.15. The summed E-state index contributed by atoms with van der Waals surface area (Å²) in [7, 11) is 0. The van der Waals surface area contributed by atoms with Gasteiger partial charge in [-0.05, 0) is 56.1 Å². The van der Waals surface area contributed by atoms with Crippen LogP contribution in [0.5, 0.6) is 0 Å². The highest BCUT2D eigenvalue weighted by Crippen LogP contribution is 2.30. The molecule has 1 fully saturated rings. The number of likely N-dealkylation sites (tertiary alicyclic amines) is 1. The molecule has 1 aromatic heterocycles. The van der Waals surface area contributed by atoms with Crippen LogP contribution >= 0.6 is 0 Å². The first-order valence-electron chi connectivity index (χ1n) is 7.78. The van der Waals surface area contributed by atoms with Gasteiger partial charge in [0.25, 0.3) is 0 Å². The number of pyridine rings is 1. The van der Waals surface area contributed by atoms with Crippen LogP contribution in [0.1, 0.15) is 30.1 Å². The maximum atomic E-state index is 5.82. The van der Waals surface area contributed by atoms with Crippen molar-refractivity contribution < 1.29 is 0 Å². The molecule has 0 aliphatic carbocycles. The third-order valence-electron chi connectivity index (χ3n) is 4.43. The molecule has 0 spiro atoms. The van der Waals surface area contributed by atoms with Crippen LogP contribution in [0.25, 0.3) is 0 Å². The van der Waals surface area contributed by atoms with Crippen LogP contribution in [0.4, 0.5) is 0 Å². The molecule has 3 nitrogen and oxygen atoms in total. The molecule has 2 aromatic rings. The topological polar surface area (TPSA) is 42.1 Å². The number of aromatic nitrogens is 1. The molecule has 1 atom stereocenters. The monoisotopic (exact) mass is 281 g/mol. The normalized spacial score (nSPS) is 18.5. The molecule has 3 heteroatoms. The molecule has 1 unspecified atom stereocenters. The fourth-order valence-electron chi connectivity index (χ4n) is 3.19. The summed E-state index contributed by atoms with van der Waals surface area (Å²) in [6.45, 7) is 3.00. The Labute approximate surface area is 126 Å². The molecule has 1 saturated heterocycles. The Hall–Kier alpha value is -1.71. The second-order valence-electron chi connectivity index (χ2n) is 5.78. The second kappa shape index (κ2) is 6.83.